The second kappa shape index (κ2) is 4.57. The van der Waals surface area contributed by atoms with Gasteiger partial charge in [-0.1, -0.05) is 6.07 Å². The predicted molar refractivity (Wildman–Crippen MR) is 57.5 cm³/mol. The highest BCUT2D eigenvalue weighted by Gasteiger charge is 2.08. The Bertz CT molecular complexity index is 479. The second-order valence-corrected chi connectivity index (χ2v) is 3.21. The first-order valence-corrected chi connectivity index (χ1v) is 4.81. The van der Waals surface area contributed by atoms with Crippen LogP contribution in [0.1, 0.15) is 5.82 Å². The Hall–Kier alpha value is -2.17. The second-order valence-electron chi connectivity index (χ2n) is 3.21. The fourth-order valence-electron chi connectivity index (χ4n) is 1.31. The van der Waals surface area contributed by atoms with Gasteiger partial charge in [-0.15, -0.1) is 0 Å². The number of ether oxygens (including phenoxy) is 1. The minimum absolute atomic E-state index is 0.142. The summed E-state index contributed by atoms with van der Waals surface area (Å²) in [5.41, 5.74) is 1.59. The fraction of sp³-hybridized carbons (Fsp3) is 0.182. The van der Waals surface area contributed by atoms with Crippen LogP contribution in [0.25, 0.3) is 11.4 Å². The first kappa shape index (κ1) is 10.4. The van der Waals surface area contributed by atoms with E-state index in [1.54, 1.807) is 12.4 Å². The lowest BCUT2D eigenvalue weighted by molar-refractivity contribution is -0.139. The molecule has 2 aromatic rings. The SMILES string of the molecule is COC(=O)Cc1ncc(-c2ccccn2)[nH]1. The van der Waals surface area contributed by atoms with Gasteiger partial charge in [0.1, 0.15) is 12.2 Å². The maximum absolute atomic E-state index is 11.0. The van der Waals surface area contributed by atoms with Crippen molar-refractivity contribution in [3.8, 4) is 11.4 Å². The van der Waals surface area contributed by atoms with Gasteiger partial charge in [0.15, 0.2) is 0 Å². The van der Waals surface area contributed by atoms with Crippen molar-refractivity contribution < 1.29 is 9.53 Å². The van der Waals surface area contributed by atoms with Crippen LogP contribution in [0.4, 0.5) is 0 Å². The van der Waals surface area contributed by atoms with Crippen LogP contribution in [-0.2, 0) is 16.0 Å². The van der Waals surface area contributed by atoms with Gasteiger partial charge in [-0.05, 0) is 12.1 Å². The maximum atomic E-state index is 11.0. The molecule has 0 amide bonds. The Kier molecular flexibility index (Phi) is 2.95. The van der Waals surface area contributed by atoms with Crippen LogP contribution in [0.5, 0.6) is 0 Å². The molecular weight excluding hydrogens is 206 g/mol. The molecule has 0 aliphatic heterocycles. The van der Waals surface area contributed by atoms with Crippen LogP contribution < -0.4 is 0 Å². The molecule has 0 unspecified atom stereocenters. The third-order valence-electron chi connectivity index (χ3n) is 2.11. The Morgan fingerprint density at radius 2 is 2.31 bits per heavy atom. The van der Waals surface area contributed by atoms with Crippen molar-refractivity contribution in [2.75, 3.05) is 7.11 Å². The Morgan fingerprint density at radius 1 is 1.44 bits per heavy atom. The molecule has 82 valence electrons. The number of imidazole rings is 1. The fourth-order valence-corrected chi connectivity index (χ4v) is 1.31. The topological polar surface area (TPSA) is 67.9 Å². The van der Waals surface area contributed by atoms with E-state index in [4.69, 9.17) is 0 Å². The summed E-state index contributed by atoms with van der Waals surface area (Å²) in [5.74, 6) is 0.259. The molecule has 0 bridgehead atoms. The minimum Gasteiger partial charge on any atom is -0.469 e. The van der Waals surface area contributed by atoms with E-state index in [-0.39, 0.29) is 12.4 Å². The Morgan fingerprint density at radius 3 is 3.00 bits per heavy atom. The number of nitrogens with zero attached hydrogens (tertiary/aromatic N) is 2. The summed E-state index contributed by atoms with van der Waals surface area (Å²) in [7, 11) is 1.35. The van der Waals surface area contributed by atoms with Gasteiger partial charge in [0.05, 0.1) is 24.7 Å². The van der Waals surface area contributed by atoms with Crippen molar-refractivity contribution in [3.63, 3.8) is 0 Å². The predicted octanol–water partition coefficient (Wildman–Crippen LogP) is 1.19. The van der Waals surface area contributed by atoms with Crippen molar-refractivity contribution in [1.82, 2.24) is 15.0 Å². The number of nitrogens with one attached hydrogen (secondary N) is 1. The number of hydrogen-bond acceptors (Lipinski definition) is 4. The molecule has 5 heteroatoms. The van der Waals surface area contributed by atoms with Crippen LogP contribution in [0.2, 0.25) is 0 Å². The van der Waals surface area contributed by atoms with Crippen molar-refractivity contribution in [2.45, 2.75) is 6.42 Å². The van der Waals surface area contributed by atoms with E-state index >= 15 is 0 Å². The van der Waals surface area contributed by atoms with E-state index in [2.05, 4.69) is 19.7 Å². The monoisotopic (exact) mass is 217 g/mol. The molecule has 0 saturated carbocycles. The van der Waals surface area contributed by atoms with Crippen LogP contribution in [-0.4, -0.2) is 28.0 Å². The number of rotatable bonds is 3. The number of esters is 1. The zero-order valence-corrected chi connectivity index (χ0v) is 8.80. The van der Waals surface area contributed by atoms with Gasteiger partial charge in [-0.25, -0.2) is 4.98 Å². The molecule has 5 nitrogen and oxygen atoms in total. The molecule has 0 aliphatic rings. The smallest absolute Gasteiger partial charge is 0.313 e. The summed E-state index contributed by atoms with van der Waals surface area (Å²) in [6.07, 6.45) is 3.50. The summed E-state index contributed by atoms with van der Waals surface area (Å²) >= 11 is 0. The van der Waals surface area contributed by atoms with E-state index in [1.807, 2.05) is 18.2 Å². The van der Waals surface area contributed by atoms with E-state index in [1.165, 1.54) is 7.11 Å². The quantitative estimate of drug-likeness (QED) is 0.784. The number of carbonyl (C=O) groups excluding carboxylic acids is 1. The normalized spacial score (nSPS) is 10.1. The van der Waals surface area contributed by atoms with E-state index in [0.29, 0.717) is 5.82 Å². The molecule has 2 heterocycles. The molecule has 2 rings (SSSR count). The average Bonchev–Trinajstić information content (AvgIpc) is 2.78. The van der Waals surface area contributed by atoms with Gasteiger partial charge in [0, 0.05) is 6.20 Å². The average molecular weight is 217 g/mol. The van der Waals surface area contributed by atoms with E-state index in [9.17, 15) is 4.79 Å². The van der Waals surface area contributed by atoms with Gasteiger partial charge < -0.3 is 9.72 Å². The highest BCUT2D eigenvalue weighted by molar-refractivity contribution is 5.71. The zero-order chi connectivity index (χ0) is 11.4. The number of pyridine rings is 1. The van der Waals surface area contributed by atoms with Crippen molar-refractivity contribution in [3.05, 3.63) is 36.4 Å². The van der Waals surface area contributed by atoms with E-state index in [0.717, 1.165) is 11.4 Å². The van der Waals surface area contributed by atoms with Crippen LogP contribution in [0.3, 0.4) is 0 Å². The number of hydrogen-bond donors (Lipinski definition) is 1. The Balaban J connectivity index is 2.17. The molecular formula is C11H11N3O2. The summed E-state index contributed by atoms with van der Waals surface area (Å²) < 4.78 is 4.55. The summed E-state index contributed by atoms with van der Waals surface area (Å²) in [6.45, 7) is 0. The largest absolute Gasteiger partial charge is 0.469 e. The molecule has 2 aromatic heterocycles. The molecule has 16 heavy (non-hydrogen) atoms. The number of methoxy groups -OCH3 is 1. The lowest BCUT2D eigenvalue weighted by Gasteiger charge is -1.96. The number of H-pyrrole nitrogens is 1. The molecule has 0 saturated heterocycles. The van der Waals surface area contributed by atoms with Crippen molar-refractivity contribution >= 4 is 5.97 Å². The first-order valence-electron chi connectivity index (χ1n) is 4.81. The Labute approximate surface area is 92.5 Å². The van der Waals surface area contributed by atoms with Crippen molar-refractivity contribution in [1.29, 1.82) is 0 Å². The maximum Gasteiger partial charge on any atom is 0.313 e. The number of carbonyl (C=O) groups is 1. The zero-order valence-electron chi connectivity index (χ0n) is 8.80. The van der Waals surface area contributed by atoms with Crippen molar-refractivity contribution in [2.24, 2.45) is 0 Å². The molecule has 0 atom stereocenters. The number of aromatic nitrogens is 3. The van der Waals surface area contributed by atoms with Gasteiger partial charge in [-0.2, -0.15) is 0 Å². The lowest BCUT2D eigenvalue weighted by Crippen LogP contribution is -2.05. The van der Waals surface area contributed by atoms with Gasteiger partial charge in [0.25, 0.3) is 0 Å². The van der Waals surface area contributed by atoms with E-state index < -0.39 is 0 Å². The lowest BCUT2D eigenvalue weighted by atomic mass is 10.3. The molecule has 0 fully saturated rings. The highest BCUT2D eigenvalue weighted by Crippen LogP contribution is 2.13. The van der Waals surface area contributed by atoms with Crippen LogP contribution >= 0.6 is 0 Å². The minimum atomic E-state index is -0.318. The third-order valence-corrected chi connectivity index (χ3v) is 2.11. The summed E-state index contributed by atoms with van der Waals surface area (Å²) in [5, 5.41) is 0. The number of aromatic amines is 1. The molecule has 0 spiro atoms. The van der Waals surface area contributed by atoms with Crippen LogP contribution in [0.15, 0.2) is 30.6 Å². The van der Waals surface area contributed by atoms with Gasteiger partial charge in [0.2, 0.25) is 0 Å². The standard InChI is InChI=1S/C11H11N3O2/c1-16-11(15)6-10-13-7-9(14-10)8-4-2-3-5-12-8/h2-5,7H,6H2,1H3,(H,13,14). The van der Waals surface area contributed by atoms with Gasteiger partial charge in [-0.3, -0.25) is 9.78 Å². The molecule has 0 aliphatic carbocycles. The first-order chi connectivity index (χ1) is 7.79. The summed E-state index contributed by atoms with van der Waals surface area (Å²) in [6, 6.07) is 5.60. The molecule has 0 aromatic carbocycles. The molecule has 0 radical (unpaired) electrons. The van der Waals surface area contributed by atoms with Gasteiger partial charge >= 0.3 is 5.97 Å². The molecule has 1 N–H and O–H groups in total. The summed E-state index contributed by atoms with van der Waals surface area (Å²) in [4.78, 5) is 22.3. The third kappa shape index (κ3) is 2.25. The van der Waals surface area contributed by atoms with Crippen LogP contribution in [0, 0.1) is 0 Å². The highest BCUT2D eigenvalue weighted by atomic mass is 16.5.